The van der Waals surface area contributed by atoms with E-state index in [1.54, 1.807) is 16.9 Å². The molecule has 7 heteroatoms. The van der Waals surface area contributed by atoms with Crippen molar-refractivity contribution in [2.75, 3.05) is 0 Å². The number of amides is 1. The average molecular weight is 398 g/mol. The number of halogens is 1. The van der Waals surface area contributed by atoms with Crippen LogP contribution in [-0.4, -0.2) is 26.9 Å². The van der Waals surface area contributed by atoms with Crippen LogP contribution in [0.25, 0.3) is 0 Å². The molecule has 0 bridgehead atoms. The Bertz CT molecular complexity index is 902. The van der Waals surface area contributed by atoms with Crippen molar-refractivity contribution in [1.82, 2.24) is 20.2 Å². The van der Waals surface area contributed by atoms with Crippen LogP contribution in [-0.2, 0) is 6.54 Å². The summed E-state index contributed by atoms with van der Waals surface area (Å²) in [6, 6.07) is 15.2. The van der Waals surface area contributed by atoms with Gasteiger partial charge in [0.25, 0.3) is 5.91 Å². The van der Waals surface area contributed by atoms with Crippen LogP contribution in [0, 0.1) is 6.92 Å². The van der Waals surface area contributed by atoms with Gasteiger partial charge in [-0.25, -0.2) is 5.43 Å². The summed E-state index contributed by atoms with van der Waals surface area (Å²) < 4.78 is 2.74. The normalized spacial score (nSPS) is 11.0. The second-order valence-corrected chi connectivity index (χ2v) is 6.34. The van der Waals surface area contributed by atoms with Gasteiger partial charge in [-0.3, -0.25) is 14.5 Å². The van der Waals surface area contributed by atoms with Gasteiger partial charge < -0.3 is 0 Å². The minimum atomic E-state index is -0.363. The lowest BCUT2D eigenvalue weighted by molar-refractivity contribution is 0.0949. The van der Waals surface area contributed by atoms with Crippen molar-refractivity contribution in [2.24, 2.45) is 5.10 Å². The molecule has 0 saturated heterocycles. The molecule has 0 spiro atoms. The molecule has 0 atom stereocenters. The van der Waals surface area contributed by atoms with Crippen LogP contribution in [0.3, 0.4) is 0 Å². The van der Waals surface area contributed by atoms with E-state index in [1.165, 1.54) is 6.21 Å². The molecule has 0 aliphatic rings. The number of hydrogen-bond acceptors (Lipinski definition) is 4. The van der Waals surface area contributed by atoms with Gasteiger partial charge in [-0.2, -0.15) is 10.2 Å². The highest BCUT2D eigenvalue weighted by atomic mass is 79.9. The summed E-state index contributed by atoms with van der Waals surface area (Å²) in [5.41, 5.74) is 5.44. The van der Waals surface area contributed by atoms with Crippen molar-refractivity contribution in [2.45, 2.75) is 13.5 Å². The van der Waals surface area contributed by atoms with E-state index in [-0.39, 0.29) is 5.91 Å². The van der Waals surface area contributed by atoms with Gasteiger partial charge in [0.2, 0.25) is 0 Å². The summed E-state index contributed by atoms with van der Waals surface area (Å²) in [6.45, 7) is 2.49. The van der Waals surface area contributed by atoms with Crippen LogP contribution >= 0.6 is 15.9 Å². The summed E-state index contributed by atoms with van der Waals surface area (Å²) in [4.78, 5) is 16.4. The molecule has 2 aromatic heterocycles. The number of rotatable bonds is 5. The maximum Gasteiger partial charge on any atom is 0.291 e. The largest absolute Gasteiger partial charge is 0.291 e. The molecular formula is C18H16BrN5O. The highest BCUT2D eigenvalue weighted by Crippen LogP contribution is 2.11. The van der Waals surface area contributed by atoms with Gasteiger partial charge in [-0.05, 0) is 42.8 Å². The molecule has 0 aliphatic carbocycles. The van der Waals surface area contributed by atoms with E-state index in [2.05, 4.69) is 36.5 Å². The second kappa shape index (κ2) is 7.85. The number of nitrogens with one attached hydrogen (secondary N) is 1. The van der Waals surface area contributed by atoms with Gasteiger partial charge in [0.15, 0.2) is 5.69 Å². The average Bonchev–Trinajstić information content (AvgIpc) is 3.06. The number of benzene rings is 1. The molecule has 6 nitrogen and oxygen atoms in total. The van der Waals surface area contributed by atoms with Gasteiger partial charge in [0.1, 0.15) is 0 Å². The first-order valence-electron chi connectivity index (χ1n) is 7.65. The molecule has 3 aromatic rings. The Balaban J connectivity index is 1.59. The molecule has 0 radical (unpaired) electrons. The highest BCUT2D eigenvalue weighted by molar-refractivity contribution is 9.10. The summed E-state index contributed by atoms with van der Waals surface area (Å²) in [5.74, 6) is -0.363. The van der Waals surface area contributed by atoms with E-state index >= 15 is 0 Å². The summed E-state index contributed by atoms with van der Waals surface area (Å²) >= 11 is 3.41. The van der Waals surface area contributed by atoms with Crippen molar-refractivity contribution >= 4 is 28.1 Å². The predicted molar refractivity (Wildman–Crippen MR) is 99.5 cm³/mol. The Morgan fingerprint density at radius 3 is 2.80 bits per heavy atom. The first-order valence-corrected chi connectivity index (χ1v) is 8.44. The van der Waals surface area contributed by atoms with E-state index < -0.39 is 0 Å². The van der Waals surface area contributed by atoms with Crippen molar-refractivity contribution in [3.8, 4) is 0 Å². The Morgan fingerprint density at radius 1 is 1.24 bits per heavy atom. The van der Waals surface area contributed by atoms with Gasteiger partial charge >= 0.3 is 0 Å². The van der Waals surface area contributed by atoms with E-state index in [9.17, 15) is 4.79 Å². The number of aromatic nitrogens is 3. The third kappa shape index (κ3) is 4.84. The molecule has 3 rings (SSSR count). The molecule has 1 aromatic carbocycles. The number of hydrazone groups is 1. The maximum atomic E-state index is 12.1. The zero-order valence-corrected chi connectivity index (χ0v) is 15.1. The quantitative estimate of drug-likeness (QED) is 0.530. The van der Waals surface area contributed by atoms with Crippen LogP contribution in [0.2, 0.25) is 0 Å². The Labute approximate surface area is 153 Å². The highest BCUT2D eigenvalue weighted by Gasteiger charge is 2.08. The third-order valence-electron chi connectivity index (χ3n) is 3.40. The molecule has 1 amide bonds. The fourth-order valence-electron chi connectivity index (χ4n) is 2.20. The zero-order chi connectivity index (χ0) is 17.6. The third-order valence-corrected chi connectivity index (χ3v) is 3.93. The van der Waals surface area contributed by atoms with E-state index in [4.69, 9.17) is 0 Å². The molecule has 0 fully saturated rings. The van der Waals surface area contributed by atoms with Gasteiger partial charge in [0, 0.05) is 16.4 Å². The molecule has 0 saturated carbocycles. The van der Waals surface area contributed by atoms with Crippen molar-refractivity contribution in [3.63, 3.8) is 0 Å². The fourth-order valence-corrected chi connectivity index (χ4v) is 2.46. The van der Waals surface area contributed by atoms with E-state index in [0.29, 0.717) is 17.9 Å². The lowest BCUT2D eigenvalue weighted by Crippen LogP contribution is -2.18. The van der Waals surface area contributed by atoms with Crippen molar-refractivity contribution in [1.29, 1.82) is 0 Å². The Hall–Kier alpha value is -2.80. The first kappa shape index (κ1) is 17.0. The molecule has 126 valence electrons. The second-order valence-electron chi connectivity index (χ2n) is 5.43. The molecule has 25 heavy (non-hydrogen) atoms. The lowest BCUT2D eigenvalue weighted by atomic mass is 10.2. The van der Waals surface area contributed by atoms with E-state index in [0.717, 1.165) is 15.7 Å². The molecule has 2 heterocycles. The SMILES string of the molecule is Cc1cccc(/C=N\NC(=O)c2ccn(Cc3ccc(Br)cc3)n2)n1. The number of pyridine rings is 1. The molecule has 1 N–H and O–H groups in total. The first-order chi connectivity index (χ1) is 12.1. The van der Waals surface area contributed by atoms with Crippen molar-refractivity contribution in [3.05, 3.63) is 81.8 Å². The molecule has 0 aliphatic heterocycles. The van der Waals surface area contributed by atoms with Gasteiger partial charge in [0.05, 0.1) is 18.5 Å². The van der Waals surface area contributed by atoms with Crippen LogP contribution in [0.1, 0.15) is 27.4 Å². The summed E-state index contributed by atoms with van der Waals surface area (Å²) in [7, 11) is 0. The zero-order valence-electron chi connectivity index (χ0n) is 13.6. The molecule has 0 unspecified atom stereocenters. The van der Waals surface area contributed by atoms with Crippen LogP contribution in [0.4, 0.5) is 0 Å². The summed E-state index contributed by atoms with van der Waals surface area (Å²) in [6.07, 6.45) is 3.27. The lowest BCUT2D eigenvalue weighted by Gasteiger charge is -2.02. The van der Waals surface area contributed by atoms with Gasteiger partial charge in [-0.15, -0.1) is 0 Å². The number of aryl methyl sites for hydroxylation is 1. The number of hydrogen-bond donors (Lipinski definition) is 1. The number of carbonyl (C=O) groups excluding carboxylic acids is 1. The minimum absolute atomic E-state index is 0.312. The number of carbonyl (C=O) groups is 1. The predicted octanol–water partition coefficient (Wildman–Crippen LogP) is 3.16. The topological polar surface area (TPSA) is 72.2 Å². The minimum Gasteiger partial charge on any atom is -0.268 e. The smallest absolute Gasteiger partial charge is 0.268 e. The van der Waals surface area contributed by atoms with Crippen LogP contribution in [0.15, 0.2) is 64.3 Å². The standard InChI is InChI=1S/C18H16BrN5O/c1-13-3-2-4-16(21-13)11-20-22-18(25)17-9-10-24(23-17)12-14-5-7-15(19)8-6-14/h2-11H,12H2,1H3,(H,22,25)/b20-11-. The van der Waals surface area contributed by atoms with Crippen molar-refractivity contribution < 1.29 is 4.79 Å². The Kier molecular flexibility index (Phi) is 5.35. The number of nitrogens with zero attached hydrogens (tertiary/aromatic N) is 4. The van der Waals surface area contributed by atoms with Crippen LogP contribution in [0.5, 0.6) is 0 Å². The monoisotopic (exact) mass is 397 g/mol. The van der Waals surface area contributed by atoms with E-state index in [1.807, 2.05) is 49.4 Å². The van der Waals surface area contributed by atoms with Gasteiger partial charge in [-0.1, -0.05) is 34.1 Å². The maximum absolute atomic E-state index is 12.1. The fraction of sp³-hybridized carbons (Fsp3) is 0.111. The summed E-state index contributed by atoms with van der Waals surface area (Å²) in [5, 5.41) is 8.19. The molecular weight excluding hydrogens is 382 g/mol. The Morgan fingerprint density at radius 2 is 2.04 bits per heavy atom. The van der Waals surface area contributed by atoms with Crippen LogP contribution < -0.4 is 5.43 Å².